The minimum atomic E-state index is -0.833. The molecule has 1 aromatic rings. The van der Waals surface area contributed by atoms with E-state index >= 15 is 0 Å². The van der Waals surface area contributed by atoms with Crippen molar-refractivity contribution >= 4 is 29.3 Å². The number of hydrogen-bond acceptors (Lipinski definition) is 4. The highest BCUT2D eigenvalue weighted by Gasteiger charge is 2.20. The molecule has 1 aliphatic rings. The number of amidine groups is 1. The maximum absolute atomic E-state index is 9.00. The number of allylic oxidation sites excluding steroid dienone is 1. The molecule has 0 aliphatic heterocycles. The third-order valence-corrected chi connectivity index (χ3v) is 3.60. The van der Waals surface area contributed by atoms with E-state index in [1.165, 1.54) is 16.7 Å². The molecule has 0 spiro atoms. The molecule has 0 fully saturated rings. The van der Waals surface area contributed by atoms with E-state index in [2.05, 4.69) is 29.8 Å². The molecular weight excluding hydrogens is 328 g/mol. The van der Waals surface area contributed by atoms with Crippen molar-refractivity contribution in [2.75, 3.05) is 20.8 Å². The van der Waals surface area contributed by atoms with Gasteiger partial charge in [0.2, 0.25) is 0 Å². The van der Waals surface area contributed by atoms with Gasteiger partial charge in [0.1, 0.15) is 0 Å². The predicted molar refractivity (Wildman–Crippen MR) is 99.2 cm³/mol. The van der Waals surface area contributed by atoms with E-state index in [9.17, 15) is 0 Å². The molecule has 1 aliphatic carbocycles. The summed E-state index contributed by atoms with van der Waals surface area (Å²) in [7, 11) is 3.34. The Morgan fingerprint density at radius 2 is 2.04 bits per heavy atom. The van der Waals surface area contributed by atoms with Gasteiger partial charge >= 0.3 is 0 Å². The van der Waals surface area contributed by atoms with Crippen LogP contribution in [0.15, 0.2) is 23.2 Å². The number of benzene rings is 1. The monoisotopic (exact) mass is 352 g/mol. The Morgan fingerprint density at radius 1 is 1.38 bits per heavy atom. The standard InChI is InChI=1S/C15H20N2O2S.C2H4O2/c1-18-13-7-6-11-10(8-9-17-15(16)20)4-3-5-12(11)14(13)19-2;1-2(3)4/h6-8H,3-5,9H2,1-2H3,(H3,16,17,20);1H3,(H,3,4). The quantitative estimate of drug-likeness (QED) is 0.440. The molecule has 2 rings (SSSR count). The smallest absolute Gasteiger partial charge is 0.300 e. The van der Waals surface area contributed by atoms with Gasteiger partial charge < -0.3 is 20.3 Å². The van der Waals surface area contributed by atoms with Crippen LogP contribution in [0.25, 0.3) is 5.57 Å². The largest absolute Gasteiger partial charge is 0.493 e. The summed E-state index contributed by atoms with van der Waals surface area (Å²) >= 11 is 3.97. The van der Waals surface area contributed by atoms with Crippen LogP contribution >= 0.6 is 12.6 Å². The van der Waals surface area contributed by atoms with Crippen LogP contribution in [0.2, 0.25) is 0 Å². The second kappa shape index (κ2) is 9.87. The topological polar surface area (TPSA) is 94.1 Å². The number of hydrogen-bond donors (Lipinski definition) is 3. The number of aliphatic imine (C=N–C) groups is 1. The molecule has 0 saturated heterocycles. The van der Waals surface area contributed by atoms with Crippen LogP contribution in [0.3, 0.4) is 0 Å². The summed E-state index contributed by atoms with van der Waals surface area (Å²) in [5, 5.41) is 7.73. The van der Waals surface area contributed by atoms with E-state index in [1.807, 2.05) is 6.07 Å². The Labute approximate surface area is 147 Å². The number of carboxylic acid groups (broad SMARTS) is 1. The lowest BCUT2D eigenvalue weighted by Crippen LogP contribution is -2.06. The molecular formula is C17H24N2O4S. The average molecular weight is 352 g/mol. The van der Waals surface area contributed by atoms with Gasteiger partial charge in [0.05, 0.1) is 20.8 Å². The number of ether oxygens (including phenoxy) is 2. The van der Waals surface area contributed by atoms with Gasteiger partial charge in [0.15, 0.2) is 16.7 Å². The number of methoxy groups -OCH3 is 2. The number of thiol groups is 1. The number of carbonyl (C=O) groups is 1. The van der Waals surface area contributed by atoms with Gasteiger partial charge in [0.25, 0.3) is 5.97 Å². The Kier molecular flexibility index (Phi) is 8.18. The van der Waals surface area contributed by atoms with Gasteiger partial charge in [-0.15, -0.1) is 12.6 Å². The lowest BCUT2D eigenvalue weighted by molar-refractivity contribution is -0.134. The third kappa shape index (κ3) is 5.81. The van der Waals surface area contributed by atoms with Gasteiger partial charge in [0, 0.05) is 12.5 Å². The van der Waals surface area contributed by atoms with Gasteiger partial charge in [-0.25, -0.2) is 0 Å². The molecule has 0 atom stereocenters. The molecule has 0 saturated carbocycles. The van der Waals surface area contributed by atoms with Crippen LogP contribution in [0, 0.1) is 0 Å². The zero-order valence-electron chi connectivity index (χ0n) is 14.2. The molecule has 1 aromatic carbocycles. The predicted octanol–water partition coefficient (Wildman–Crippen LogP) is 2.76. The van der Waals surface area contributed by atoms with Gasteiger partial charge in [-0.3, -0.25) is 9.79 Å². The van der Waals surface area contributed by atoms with Crippen molar-refractivity contribution in [1.29, 1.82) is 0 Å². The Morgan fingerprint density at radius 3 is 2.58 bits per heavy atom. The number of rotatable bonds is 4. The molecule has 0 bridgehead atoms. The summed E-state index contributed by atoms with van der Waals surface area (Å²) in [6.45, 7) is 1.64. The first-order valence-corrected chi connectivity index (χ1v) is 7.97. The van der Waals surface area contributed by atoms with E-state index in [-0.39, 0.29) is 0 Å². The van der Waals surface area contributed by atoms with Crippen molar-refractivity contribution in [3.63, 3.8) is 0 Å². The highest BCUT2D eigenvalue weighted by Crippen LogP contribution is 2.41. The number of nitrogens with two attached hydrogens (primary N) is 1. The molecule has 24 heavy (non-hydrogen) atoms. The lowest BCUT2D eigenvalue weighted by atomic mass is 9.86. The van der Waals surface area contributed by atoms with Gasteiger partial charge in [-0.1, -0.05) is 12.1 Å². The Balaban J connectivity index is 0.000000648. The fourth-order valence-electron chi connectivity index (χ4n) is 2.59. The lowest BCUT2D eigenvalue weighted by Gasteiger charge is -2.23. The van der Waals surface area contributed by atoms with Crippen molar-refractivity contribution in [2.24, 2.45) is 10.7 Å². The Bertz CT molecular complexity index is 634. The summed E-state index contributed by atoms with van der Waals surface area (Å²) in [5.74, 6) is 0.790. The zero-order valence-corrected chi connectivity index (χ0v) is 15.1. The highest BCUT2D eigenvalue weighted by atomic mass is 32.1. The van der Waals surface area contributed by atoms with Crippen LogP contribution in [-0.4, -0.2) is 37.0 Å². The van der Waals surface area contributed by atoms with Crippen molar-refractivity contribution in [1.82, 2.24) is 0 Å². The van der Waals surface area contributed by atoms with Gasteiger partial charge in [-0.2, -0.15) is 0 Å². The first kappa shape index (κ1) is 19.9. The molecule has 7 heteroatoms. The minimum Gasteiger partial charge on any atom is -0.493 e. The second-order valence-electron chi connectivity index (χ2n) is 5.13. The number of carboxylic acids is 1. The summed E-state index contributed by atoms with van der Waals surface area (Å²) < 4.78 is 10.9. The van der Waals surface area contributed by atoms with Crippen molar-refractivity contribution in [3.05, 3.63) is 29.3 Å². The zero-order chi connectivity index (χ0) is 18.1. The number of aliphatic carboxylic acids is 1. The molecule has 0 aromatic heterocycles. The van der Waals surface area contributed by atoms with Crippen LogP contribution in [0.1, 0.15) is 30.9 Å². The van der Waals surface area contributed by atoms with E-state index in [1.54, 1.807) is 14.2 Å². The van der Waals surface area contributed by atoms with Gasteiger partial charge in [-0.05, 0) is 36.5 Å². The Hall–Kier alpha value is -2.15. The van der Waals surface area contributed by atoms with Crippen LogP contribution in [0.4, 0.5) is 0 Å². The molecule has 132 valence electrons. The van der Waals surface area contributed by atoms with Crippen LogP contribution < -0.4 is 15.2 Å². The second-order valence-corrected chi connectivity index (χ2v) is 5.59. The summed E-state index contributed by atoms with van der Waals surface area (Å²) in [6.07, 6.45) is 5.25. The first-order chi connectivity index (χ1) is 11.4. The molecule has 0 unspecified atom stereocenters. The molecule has 3 N–H and O–H groups in total. The van der Waals surface area contributed by atoms with E-state index < -0.39 is 5.97 Å². The van der Waals surface area contributed by atoms with Crippen LogP contribution in [0.5, 0.6) is 11.5 Å². The SMILES string of the molecule is CC(=O)O.COc1ccc2c(c1OC)CCCC2=CCN=C(N)S. The van der Waals surface area contributed by atoms with Crippen molar-refractivity contribution < 1.29 is 19.4 Å². The summed E-state index contributed by atoms with van der Waals surface area (Å²) in [6, 6.07) is 4.04. The van der Waals surface area contributed by atoms with Crippen molar-refractivity contribution in [3.8, 4) is 11.5 Å². The first-order valence-electron chi connectivity index (χ1n) is 7.52. The normalized spacial score (nSPS) is 15.2. The third-order valence-electron chi connectivity index (χ3n) is 3.46. The number of nitrogens with zero attached hydrogens (tertiary/aromatic N) is 1. The maximum atomic E-state index is 9.00. The molecule has 0 amide bonds. The number of fused-ring (bicyclic) bond motifs is 1. The van der Waals surface area contributed by atoms with Crippen molar-refractivity contribution in [2.45, 2.75) is 26.2 Å². The molecule has 0 heterocycles. The maximum Gasteiger partial charge on any atom is 0.300 e. The fourth-order valence-corrected chi connectivity index (χ4v) is 2.67. The fraction of sp³-hybridized carbons (Fsp3) is 0.412. The van der Waals surface area contributed by atoms with E-state index in [0.29, 0.717) is 11.7 Å². The highest BCUT2D eigenvalue weighted by molar-refractivity contribution is 7.96. The van der Waals surface area contributed by atoms with E-state index in [0.717, 1.165) is 37.7 Å². The minimum absolute atomic E-state index is 0.310. The molecule has 0 radical (unpaired) electrons. The van der Waals surface area contributed by atoms with Crippen LogP contribution in [-0.2, 0) is 11.2 Å². The summed E-state index contributed by atoms with van der Waals surface area (Å²) in [5.41, 5.74) is 9.16. The molecule has 6 nitrogen and oxygen atoms in total. The van der Waals surface area contributed by atoms with E-state index in [4.69, 9.17) is 25.1 Å². The summed E-state index contributed by atoms with van der Waals surface area (Å²) in [4.78, 5) is 13.1. The average Bonchev–Trinajstić information content (AvgIpc) is 2.53.